The number of fused-ring (bicyclic) bond motifs is 1. The van der Waals surface area contributed by atoms with Crippen LogP contribution in [0.2, 0.25) is 0 Å². The minimum absolute atomic E-state index is 0.111. The zero-order chi connectivity index (χ0) is 24.0. The monoisotopic (exact) mass is 485 g/mol. The Balaban J connectivity index is 1.62. The normalized spacial score (nSPS) is 26.5. The van der Waals surface area contributed by atoms with Crippen molar-refractivity contribution in [2.45, 2.75) is 44.5 Å². The molecule has 4 rings (SSSR count). The molecule has 2 aliphatic heterocycles. The number of alkyl halides is 3. The van der Waals surface area contributed by atoms with E-state index in [-0.39, 0.29) is 5.92 Å². The number of anilines is 1. The van der Waals surface area contributed by atoms with Crippen LogP contribution in [0, 0.1) is 28.6 Å². The van der Waals surface area contributed by atoms with E-state index in [1.165, 1.54) is 10.4 Å². The lowest BCUT2D eigenvalue weighted by atomic mass is 9.74. The van der Waals surface area contributed by atoms with Crippen LogP contribution in [0.5, 0.6) is 0 Å². The van der Waals surface area contributed by atoms with Crippen LogP contribution in [-0.2, 0) is 20.9 Å². The highest BCUT2D eigenvalue weighted by atomic mass is 32.2. The average Bonchev–Trinajstić information content (AvgIpc) is 3.49. The summed E-state index contributed by atoms with van der Waals surface area (Å²) in [4.78, 5) is 1.90. The molecule has 2 heterocycles. The third-order valence-electron chi connectivity index (χ3n) is 7.22. The molecule has 3 aliphatic rings. The predicted molar refractivity (Wildman–Crippen MR) is 118 cm³/mol. The fraction of sp³-hybridized carbons (Fsp3) is 0.696. The molecule has 33 heavy (non-hydrogen) atoms. The summed E-state index contributed by atoms with van der Waals surface area (Å²) in [6, 6.07) is 5.42. The van der Waals surface area contributed by atoms with Gasteiger partial charge in [0.25, 0.3) is 0 Å². The van der Waals surface area contributed by atoms with Crippen LogP contribution in [-0.4, -0.2) is 57.4 Å². The van der Waals surface area contributed by atoms with Gasteiger partial charge in [0.15, 0.2) is 0 Å². The fourth-order valence-electron chi connectivity index (χ4n) is 5.04. The van der Waals surface area contributed by atoms with Crippen molar-refractivity contribution in [3.05, 3.63) is 29.3 Å². The van der Waals surface area contributed by atoms with Crippen molar-refractivity contribution in [1.29, 1.82) is 5.26 Å². The molecule has 2 atom stereocenters. The Bertz CT molecular complexity index is 1030. The zero-order valence-corrected chi connectivity index (χ0v) is 19.8. The highest BCUT2D eigenvalue weighted by Gasteiger charge is 2.52. The quantitative estimate of drug-likeness (QED) is 0.586. The molecule has 0 unspecified atom stereocenters. The molecule has 1 aromatic carbocycles. The number of hydrogen-bond donors (Lipinski definition) is 0. The van der Waals surface area contributed by atoms with Gasteiger partial charge in [-0.1, -0.05) is 0 Å². The number of hydrogen-bond acceptors (Lipinski definition) is 5. The topological polar surface area (TPSA) is 73.6 Å². The number of sulfonamides is 1. The number of nitriles is 1. The van der Waals surface area contributed by atoms with Crippen molar-refractivity contribution in [3.63, 3.8) is 0 Å². The van der Waals surface area contributed by atoms with E-state index in [0.29, 0.717) is 57.4 Å². The van der Waals surface area contributed by atoms with Crippen molar-refractivity contribution in [3.8, 4) is 6.07 Å². The van der Waals surface area contributed by atoms with E-state index < -0.39 is 38.0 Å². The largest absolute Gasteiger partial charge is 0.417 e. The van der Waals surface area contributed by atoms with Crippen LogP contribution >= 0.6 is 0 Å². The summed E-state index contributed by atoms with van der Waals surface area (Å²) in [7, 11) is -3.45. The van der Waals surface area contributed by atoms with E-state index in [9.17, 15) is 21.6 Å². The van der Waals surface area contributed by atoms with Gasteiger partial charge in [0.05, 0.1) is 29.1 Å². The molecular formula is C23H30F3N3O3S. The van der Waals surface area contributed by atoms with Crippen LogP contribution in [0.15, 0.2) is 18.2 Å². The number of piperidine rings is 1. The first-order chi connectivity index (χ1) is 15.5. The van der Waals surface area contributed by atoms with Crippen molar-refractivity contribution in [1.82, 2.24) is 4.31 Å². The second kappa shape index (κ2) is 8.75. The Morgan fingerprint density at radius 2 is 1.97 bits per heavy atom. The zero-order valence-electron chi connectivity index (χ0n) is 18.9. The molecular weight excluding hydrogens is 455 g/mol. The Labute approximate surface area is 193 Å². The first-order valence-electron chi connectivity index (χ1n) is 11.4. The number of halogens is 3. The molecule has 0 aromatic heterocycles. The third-order valence-corrected chi connectivity index (χ3v) is 9.44. The van der Waals surface area contributed by atoms with Crippen molar-refractivity contribution in [2.24, 2.45) is 17.3 Å². The standard InChI is InChI=1S/C23H30F3N3O3S/c1-16(2)33(30,31)29-8-7-19-11-28(13-22(19,14-29)15-32-12-17-3-4-17)20-6-5-18(10-27)21(9-20)23(24,25)26/h5-6,9,16-17,19H,3-4,7-8,11-15H2,1-2H3/t19-,22-/m0/s1. The maximum atomic E-state index is 13.5. The summed E-state index contributed by atoms with van der Waals surface area (Å²) >= 11 is 0. The van der Waals surface area contributed by atoms with Gasteiger partial charge in [-0.05, 0) is 63.1 Å². The summed E-state index contributed by atoms with van der Waals surface area (Å²) in [6.45, 7) is 6.01. The first kappa shape index (κ1) is 24.3. The molecule has 1 aliphatic carbocycles. The maximum Gasteiger partial charge on any atom is 0.417 e. The van der Waals surface area contributed by atoms with Gasteiger partial charge in [-0.2, -0.15) is 18.4 Å². The number of rotatable bonds is 7. The summed E-state index contributed by atoms with van der Waals surface area (Å²) in [6.07, 6.45) is -1.71. The molecule has 0 amide bonds. The van der Waals surface area contributed by atoms with E-state index in [1.807, 2.05) is 4.90 Å². The molecule has 10 heteroatoms. The molecule has 6 nitrogen and oxygen atoms in total. The van der Waals surface area contributed by atoms with Gasteiger partial charge in [0, 0.05) is 43.9 Å². The van der Waals surface area contributed by atoms with Crippen molar-refractivity contribution in [2.75, 3.05) is 44.3 Å². The molecule has 182 valence electrons. The van der Waals surface area contributed by atoms with Crippen molar-refractivity contribution >= 4 is 15.7 Å². The van der Waals surface area contributed by atoms with Gasteiger partial charge in [-0.15, -0.1) is 0 Å². The third kappa shape index (κ3) is 4.86. The second-order valence-corrected chi connectivity index (χ2v) is 12.4. The van der Waals surface area contributed by atoms with Crippen LogP contribution in [0.3, 0.4) is 0 Å². The Kier molecular flexibility index (Phi) is 6.44. The molecule has 1 aromatic rings. The lowest BCUT2D eigenvalue weighted by Crippen LogP contribution is -2.54. The highest BCUT2D eigenvalue weighted by Crippen LogP contribution is 2.46. The second-order valence-electron chi connectivity index (χ2n) is 9.95. The average molecular weight is 486 g/mol. The van der Waals surface area contributed by atoms with Crippen molar-refractivity contribution < 1.29 is 26.3 Å². The number of benzene rings is 1. The Morgan fingerprint density at radius 1 is 1.24 bits per heavy atom. The summed E-state index contributed by atoms with van der Waals surface area (Å²) < 4.78 is 73.9. The smallest absolute Gasteiger partial charge is 0.380 e. The SMILES string of the molecule is CC(C)S(=O)(=O)N1CC[C@H]2CN(c3ccc(C#N)c(C(F)(F)F)c3)C[C@@]2(COCC2CC2)C1. The van der Waals surface area contributed by atoms with Gasteiger partial charge in [-0.25, -0.2) is 12.7 Å². The summed E-state index contributed by atoms with van der Waals surface area (Å²) in [5.74, 6) is 0.671. The molecule has 1 saturated carbocycles. The molecule has 2 saturated heterocycles. The predicted octanol–water partition coefficient (Wildman–Crippen LogP) is 3.87. The number of nitrogens with zero attached hydrogens (tertiary/aromatic N) is 3. The lowest BCUT2D eigenvalue weighted by molar-refractivity contribution is -0.137. The maximum absolute atomic E-state index is 13.5. The Morgan fingerprint density at radius 3 is 2.58 bits per heavy atom. The molecule has 0 bridgehead atoms. The van der Waals surface area contributed by atoms with E-state index in [4.69, 9.17) is 10.00 Å². The Hall–Kier alpha value is -1.83. The first-order valence-corrected chi connectivity index (χ1v) is 12.9. The van der Waals surface area contributed by atoms with Gasteiger partial charge in [0.2, 0.25) is 10.0 Å². The minimum atomic E-state index is -4.62. The van der Waals surface area contributed by atoms with Crippen LogP contribution in [0.1, 0.15) is 44.2 Å². The number of ether oxygens (including phenoxy) is 1. The molecule has 3 fully saturated rings. The van der Waals surface area contributed by atoms with Crippen LogP contribution in [0.4, 0.5) is 18.9 Å². The van der Waals surface area contributed by atoms with Crippen LogP contribution in [0.25, 0.3) is 0 Å². The summed E-state index contributed by atoms with van der Waals surface area (Å²) in [5.41, 5.74) is -1.43. The molecule has 0 spiro atoms. The fourth-order valence-corrected chi connectivity index (χ4v) is 6.43. The van der Waals surface area contributed by atoms with Gasteiger partial charge in [0.1, 0.15) is 0 Å². The molecule has 0 radical (unpaired) electrons. The van der Waals surface area contributed by atoms with E-state index in [2.05, 4.69) is 0 Å². The van der Waals surface area contributed by atoms with Gasteiger partial charge >= 0.3 is 6.18 Å². The van der Waals surface area contributed by atoms with Gasteiger partial charge in [-0.3, -0.25) is 0 Å². The van der Waals surface area contributed by atoms with Crippen LogP contribution < -0.4 is 4.90 Å². The van der Waals surface area contributed by atoms with E-state index >= 15 is 0 Å². The highest BCUT2D eigenvalue weighted by molar-refractivity contribution is 7.89. The summed E-state index contributed by atoms with van der Waals surface area (Å²) in [5, 5.41) is 8.56. The minimum Gasteiger partial charge on any atom is -0.380 e. The van der Waals surface area contributed by atoms with E-state index in [1.54, 1.807) is 26.0 Å². The molecule has 0 N–H and O–H groups in total. The van der Waals surface area contributed by atoms with E-state index in [0.717, 1.165) is 18.9 Å². The van der Waals surface area contributed by atoms with Gasteiger partial charge < -0.3 is 9.64 Å². The lowest BCUT2D eigenvalue weighted by Gasteiger charge is -2.43.